The van der Waals surface area contributed by atoms with E-state index in [1.165, 1.54) is 11.1 Å². The highest BCUT2D eigenvalue weighted by molar-refractivity contribution is 6.03. The van der Waals surface area contributed by atoms with E-state index in [0.717, 1.165) is 91.3 Å². The summed E-state index contributed by atoms with van der Waals surface area (Å²) in [6, 6.07) is 60.2. The van der Waals surface area contributed by atoms with Crippen molar-refractivity contribution in [1.29, 1.82) is 0 Å². The molecule has 322 valence electrons. The highest BCUT2D eigenvalue weighted by Gasteiger charge is 2.29. The van der Waals surface area contributed by atoms with Gasteiger partial charge in [-0.3, -0.25) is 0 Å². The molecule has 0 saturated heterocycles. The second kappa shape index (κ2) is 19.7. The van der Waals surface area contributed by atoms with Crippen LogP contribution in [0.5, 0.6) is 0 Å². The van der Waals surface area contributed by atoms with Crippen molar-refractivity contribution >= 4 is 11.9 Å². The number of nitrogens with one attached hydrogen (secondary N) is 3. The number of carbonyl (C=O) groups excluding carboxylic acids is 2. The number of ether oxygens (including phenoxy) is 2. The van der Waals surface area contributed by atoms with E-state index in [4.69, 9.17) is 9.47 Å². The summed E-state index contributed by atoms with van der Waals surface area (Å²) in [5, 5.41) is 0. The van der Waals surface area contributed by atoms with Crippen molar-refractivity contribution in [3.05, 3.63) is 238 Å². The Morgan fingerprint density at radius 1 is 0.369 bits per heavy atom. The zero-order chi connectivity index (χ0) is 44.5. The van der Waals surface area contributed by atoms with Crippen molar-refractivity contribution in [2.45, 2.75) is 52.7 Å². The highest BCUT2D eigenvalue weighted by atomic mass is 16.5. The molecule has 6 aromatic carbocycles. The first kappa shape index (κ1) is 42.4. The van der Waals surface area contributed by atoms with Crippen molar-refractivity contribution in [3.8, 4) is 44.5 Å². The molecule has 0 bridgehead atoms. The summed E-state index contributed by atoms with van der Waals surface area (Å²) in [5.74, 6) is -0.832. The number of aromatic nitrogens is 3. The Hall–Kier alpha value is -7.90. The Morgan fingerprint density at radius 3 is 0.969 bits per heavy atom. The first-order chi connectivity index (χ1) is 32.0. The fourth-order valence-corrected chi connectivity index (χ4v) is 9.11. The lowest BCUT2D eigenvalue weighted by atomic mass is 9.92. The number of carbonyl (C=O) groups is 2. The standard InChI is InChI=1S/C58H51N3O4/c1-3-45-46(4-2)48(36-50-52(42-29-17-8-18-30-42)54(44-33-21-10-22-34-44)56(61-50)58(63)65-38-40-25-13-6-14-26-40)59-47(45)35-49-51(41-27-15-7-16-28-41)53(43-31-19-9-20-32-43)55(60-49)57(62)64-37-39-23-11-5-12-24-39/h5-34,59-61H,3-4,35-38H2,1-2H3. The van der Waals surface area contributed by atoms with E-state index >= 15 is 0 Å². The van der Waals surface area contributed by atoms with Crippen LogP contribution in [-0.2, 0) is 48.4 Å². The lowest BCUT2D eigenvalue weighted by Crippen LogP contribution is -2.07. The molecule has 65 heavy (non-hydrogen) atoms. The van der Waals surface area contributed by atoms with Gasteiger partial charge in [0.2, 0.25) is 0 Å². The van der Waals surface area contributed by atoms with E-state index in [1.54, 1.807) is 0 Å². The van der Waals surface area contributed by atoms with Gasteiger partial charge in [0.25, 0.3) is 0 Å². The molecule has 0 saturated carbocycles. The quantitative estimate of drug-likeness (QED) is 0.0843. The van der Waals surface area contributed by atoms with Gasteiger partial charge in [0.15, 0.2) is 0 Å². The summed E-state index contributed by atoms with van der Waals surface area (Å²) < 4.78 is 12.0. The first-order valence-electron chi connectivity index (χ1n) is 22.4. The number of hydrogen-bond acceptors (Lipinski definition) is 4. The van der Waals surface area contributed by atoms with Crippen LogP contribution in [0.1, 0.15) is 79.9 Å². The normalized spacial score (nSPS) is 11.1. The van der Waals surface area contributed by atoms with Crippen LogP contribution < -0.4 is 0 Å². The predicted octanol–water partition coefficient (Wildman–Crippen LogP) is 13.4. The minimum Gasteiger partial charge on any atom is -0.456 e. The Morgan fingerprint density at radius 2 is 0.662 bits per heavy atom. The fourth-order valence-electron chi connectivity index (χ4n) is 9.11. The minimum absolute atomic E-state index is 0.158. The first-order valence-corrected chi connectivity index (χ1v) is 22.4. The van der Waals surface area contributed by atoms with Gasteiger partial charge in [0.05, 0.1) is 0 Å². The average molecular weight is 854 g/mol. The van der Waals surface area contributed by atoms with Gasteiger partial charge < -0.3 is 24.4 Å². The van der Waals surface area contributed by atoms with E-state index in [9.17, 15) is 9.59 Å². The van der Waals surface area contributed by atoms with Gasteiger partial charge in [-0.1, -0.05) is 196 Å². The van der Waals surface area contributed by atoms with Gasteiger partial charge in [-0.15, -0.1) is 0 Å². The third-order valence-electron chi connectivity index (χ3n) is 12.0. The van der Waals surface area contributed by atoms with Crippen LogP contribution in [0.2, 0.25) is 0 Å². The molecule has 9 rings (SSSR count). The maximum atomic E-state index is 14.2. The molecule has 0 unspecified atom stereocenters. The topological polar surface area (TPSA) is 100.0 Å². The van der Waals surface area contributed by atoms with E-state index < -0.39 is 11.9 Å². The zero-order valence-corrected chi connectivity index (χ0v) is 36.7. The Bertz CT molecular complexity index is 2800. The summed E-state index contributed by atoms with van der Waals surface area (Å²) in [6.07, 6.45) is 2.62. The van der Waals surface area contributed by atoms with Crippen molar-refractivity contribution in [1.82, 2.24) is 15.0 Å². The molecule has 0 amide bonds. The Kier molecular flexibility index (Phi) is 12.8. The summed E-state index contributed by atoms with van der Waals surface area (Å²) in [7, 11) is 0. The molecule has 0 aliphatic heterocycles. The summed E-state index contributed by atoms with van der Waals surface area (Å²) >= 11 is 0. The number of rotatable bonds is 16. The molecule has 0 fully saturated rings. The lowest BCUT2D eigenvalue weighted by Gasteiger charge is -2.10. The monoisotopic (exact) mass is 853 g/mol. The largest absolute Gasteiger partial charge is 0.456 e. The van der Waals surface area contributed by atoms with Crippen molar-refractivity contribution in [2.24, 2.45) is 0 Å². The second-order valence-corrected chi connectivity index (χ2v) is 16.1. The summed E-state index contributed by atoms with van der Waals surface area (Å²) in [6.45, 7) is 4.71. The molecule has 0 aliphatic carbocycles. The van der Waals surface area contributed by atoms with Crippen LogP contribution in [0.3, 0.4) is 0 Å². The molecule has 3 N–H and O–H groups in total. The fraction of sp³-hybridized carbons (Fsp3) is 0.138. The molecule has 7 nitrogen and oxygen atoms in total. The lowest BCUT2D eigenvalue weighted by molar-refractivity contribution is 0.0458. The predicted molar refractivity (Wildman–Crippen MR) is 260 cm³/mol. The molecule has 0 spiro atoms. The van der Waals surface area contributed by atoms with Crippen LogP contribution in [-0.4, -0.2) is 26.9 Å². The van der Waals surface area contributed by atoms with Gasteiger partial charge in [-0.25, -0.2) is 9.59 Å². The molecular weight excluding hydrogens is 803 g/mol. The number of esters is 2. The van der Waals surface area contributed by atoms with Crippen LogP contribution in [0, 0.1) is 0 Å². The number of benzene rings is 6. The van der Waals surface area contributed by atoms with Gasteiger partial charge in [-0.2, -0.15) is 0 Å². The number of hydrogen-bond donors (Lipinski definition) is 3. The summed E-state index contributed by atoms with van der Waals surface area (Å²) in [5.41, 5.74) is 16.5. The molecule has 0 aliphatic rings. The van der Waals surface area contributed by atoms with Crippen LogP contribution >= 0.6 is 0 Å². The SMILES string of the molecule is CCc1c(Cc2[nH]c(C(=O)OCc3ccccc3)c(-c3ccccc3)c2-c2ccccc2)[nH]c(Cc2[nH]c(C(=O)OCc3ccccc3)c(-c3ccccc3)c2-c2ccccc2)c1CC. The molecule has 0 radical (unpaired) electrons. The summed E-state index contributed by atoms with van der Waals surface area (Å²) in [4.78, 5) is 39.6. The van der Waals surface area contributed by atoms with E-state index in [-0.39, 0.29) is 13.2 Å². The Labute approximate surface area is 380 Å². The van der Waals surface area contributed by atoms with E-state index in [0.29, 0.717) is 24.2 Å². The van der Waals surface area contributed by atoms with Gasteiger partial charge in [0.1, 0.15) is 24.6 Å². The number of H-pyrrole nitrogens is 3. The van der Waals surface area contributed by atoms with Crippen LogP contribution in [0.4, 0.5) is 0 Å². The molecule has 3 aromatic heterocycles. The Balaban J connectivity index is 1.15. The van der Waals surface area contributed by atoms with Gasteiger partial charge >= 0.3 is 11.9 Å². The molecular formula is C58H51N3O4. The second-order valence-electron chi connectivity index (χ2n) is 16.1. The molecule has 0 atom stereocenters. The third-order valence-corrected chi connectivity index (χ3v) is 12.0. The van der Waals surface area contributed by atoms with E-state index in [1.807, 2.05) is 158 Å². The highest BCUT2D eigenvalue weighted by Crippen LogP contribution is 2.42. The van der Waals surface area contributed by atoms with Gasteiger partial charge in [-0.05, 0) is 57.3 Å². The smallest absolute Gasteiger partial charge is 0.355 e. The van der Waals surface area contributed by atoms with Gasteiger partial charge in [0, 0.05) is 57.9 Å². The van der Waals surface area contributed by atoms with Crippen molar-refractivity contribution in [3.63, 3.8) is 0 Å². The average Bonchev–Trinajstić information content (AvgIpc) is 4.05. The maximum absolute atomic E-state index is 14.2. The third kappa shape index (κ3) is 9.13. The number of aromatic amines is 3. The van der Waals surface area contributed by atoms with Crippen LogP contribution in [0.25, 0.3) is 44.5 Å². The van der Waals surface area contributed by atoms with Crippen molar-refractivity contribution < 1.29 is 19.1 Å². The molecule has 9 aromatic rings. The zero-order valence-electron chi connectivity index (χ0n) is 36.7. The van der Waals surface area contributed by atoms with Crippen molar-refractivity contribution in [2.75, 3.05) is 0 Å². The minimum atomic E-state index is -0.416. The van der Waals surface area contributed by atoms with Crippen LogP contribution in [0.15, 0.2) is 182 Å². The van der Waals surface area contributed by atoms with E-state index in [2.05, 4.69) is 53.1 Å². The molecule has 7 heteroatoms. The maximum Gasteiger partial charge on any atom is 0.355 e. The molecule has 3 heterocycles.